The zero-order valence-corrected chi connectivity index (χ0v) is 9.77. The lowest BCUT2D eigenvalue weighted by Gasteiger charge is -2.34. The van der Waals surface area contributed by atoms with Gasteiger partial charge in [0.15, 0.2) is 0 Å². The normalized spacial score (nSPS) is 18.2. The maximum Gasteiger partial charge on any atom is 0.226 e. The first-order valence-electron chi connectivity index (χ1n) is 4.88. The zero-order valence-electron chi connectivity index (χ0n) is 9.77. The maximum absolute atomic E-state index is 5.41. The lowest BCUT2D eigenvalue weighted by molar-refractivity contribution is -0.0315. The van der Waals surface area contributed by atoms with E-state index in [1.165, 1.54) is 15.0 Å². The van der Waals surface area contributed by atoms with Crippen molar-refractivity contribution in [3.8, 4) is 0 Å². The van der Waals surface area contributed by atoms with Gasteiger partial charge in [-0.2, -0.15) is 15.0 Å². The molecule has 0 bridgehead atoms. The Hall–Kier alpha value is -1.83. The van der Waals surface area contributed by atoms with Crippen LogP contribution in [0.1, 0.15) is 0 Å². The van der Waals surface area contributed by atoms with Gasteiger partial charge < -0.3 is 17.2 Å². The van der Waals surface area contributed by atoms with Gasteiger partial charge in [0.25, 0.3) is 0 Å². The van der Waals surface area contributed by atoms with Crippen LogP contribution in [-0.2, 0) is 0 Å². The minimum atomic E-state index is 0.0417. The van der Waals surface area contributed by atoms with Crippen molar-refractivity contribution in [2.45, 2.75) is 0 Å². The molecule has 18 heavy (non-hydrogen) atoms. The van der Waals surface area contributed by atoms with Gasteiger partial charge in [-0.3, -0.25) is 17.5 Å². The molecule has 12 N–H and O–H groups in total. The molecule has 0 aliphatic carbocycles. The third-order valence-electron chi connectivity index (χ3n) is 1.78. The third kappa shape index (κ3) is 5.00. The van der Waals surface area contributed by atoms with Crippen LogP contribution in [0.4, 0.5) is 17.8 Å². The molecule has 0 radical (unpaired) electrons. The first-order chi connectivity index (χ1) is 8.36. The van der Waals surface area contributed by atoms with E-state index in [0.29, 0.717) is 20.0 Å². The molecule has 1 aliphatic heterocycles. The van der Waals surface area contributed by atoms with Crippen molar-refractivity contribution in [2.75, 3.05) is 37.2 Å². The zero-order chi connectivity index (χ0) is 13.7. The summed E-state index contributed by atoms with van der Waals surface area (Å²) in [5.74, 6) is 16.3. The molecular formula is C6H18N12. The largest absolute Gasteiger partial charge is 0.368 e. The summed E-state index contributed by atoms with van der Waals surface area (Å²) in [5.41, 5.74) is 15.4. The van der Waals surface area contributed by atoms with Gasteiger partial charge in [-0.1, -0.05) is 0 Å². The highest BCUT2D eigenvalue weighted by Gasteiger charge is 2.15. The van der Waals surface area contributed by atoms with Crippen LogP contribution in [0.3, 0.4) is 0 Å². The number of hydrogen-bond acceptors (Lipinski definition) is 12. The third-order valence-corrected chi connectivity index (χ3v) is 1.78. The molecule has 1 saturated heterocycles. The average Bonchev–Trinajstić information content (AvgIpc) is 2.12. The molecule has 0 unspecified atom stereocenters. The Labute approximate surface area is 103 Å². The van der Waals surface area contributed by atoms with E-state index in [9.17, 15) is 0 Å². The lowest BCUT2D eigenvalue weighted by Crippen LogP contribution is -2.61. The van der Waals surface area contributed by atoms with E-state index in [0.717, 1.165) is 0 Å². The highest BCUT2D eigenvalue weighted by Crippen LogP contribution is 1.97. The monoisotopic (exact) mass is 258 g/mol. The number of aromatic nitrogens is 3. The summed E-state index contributed by atoms with van der Waals surface area (Å²) >= 11 is 0. The van der Waals surface area contributed by atoms with Gasteiger partial charge in [-0.25, -0.2) is 15.0 Å². The van der Waals surface area contributed by atoms with Crippen molar-refractivity contribution in [1.82, 2.24) is 30.0 Å². The van der Waals surface area contributed by atoms with Crippen LogP contribution >= 0.6 is 0 Å². The number of nitrogen functional groups attached to an aromatic ring is 3. The number of rotatable bonds is 0. The molecule has 2 heterocycles. The van der Waals surface area contributed by atoms with Crippen LogP contribution in [0, 0.1) is 0 Å². The van der Waals surface area contributed by atoms with Crippen LogP contribution in [-0.4, -0.2) is 50.0 Å². The molecule has 0 saturated carbocycles. The molecule has 0 aromatic carbocycles. The van der Waals surface area contributed by atoms with Crippen molar-refractivity contribution in [2.24, 2.45) is 17.5 Å². The number of nitrogens with zero attached hydrogens (tertiary/aromatic N) is 6. The predicted octanol–water partition coefficient (Wildman–Crippen LogP) is -3.98. The molecule has 12 nitrogen and oxygen atoms in total. The van der Waals surface area contributed by atoms with E-state index >= 15 is 0 Å². The SMILES string of the molecule is NN1CN(N)CN(N)C1.Nc1nc(N)nc(N)n1. The molecule has 0 spiro atoms. The Morgan fingerprint density at radius 1 is 0.611 bits per heavy atom. The molecule has 1 aliphatic rings. The van der Waals surface area contributed by atoms with Crippen LogP contribution in [0.15, 0.2) is 0 Å². The van der Waals surface area contributed by atoms with Crippen molar-refractivity contribution < 1.29 is 0 Å². The Bertz CT molecular complexity index is 305. The molecule has 0 amide bonds. The van der Waals surface area contributed by atoms with Gasteiger partial charge in [0, 0.05) is 0 Å². The second kappa shape index (κ2) is 6.20. The lowest BCUT2D eigenvalue weighted by atomic mass is 10.7. The van der Waals surface area contributed by atoms with Crippen LogP contribution in [0.2, 0.25) is 0 Å². The second-order valence-electron chi connectivity index (χ2n) is 3.60. The van der Waals surface area contributed by atoms with E-state index in [4.69, 9.17) is 34.7 Å². The Balaban J connectivity index is 0.000000180. The van der Waals surface area contributed by atoms with Crippen LogP contribution in [0.5, 0.6) is 0 Å². The first kappa shape index (κ1) is 14.2. The highest BCUT2D eigenvalue weighted by atomic mass is 15.7. The number of hydrazine groups is 3. The van der Waals surface area contributed by atoms with Gasteiger partial charge in [0.1, 0.15) is 0 Å². The van der Waals surface area contributed by atoms with Gasteiger partial charge >= 0.3 is 0 Å². The fourth-order valence-electron chi connectivity index (χ4n) is 1.26. The van der Waals surface area contributed by atoms with Gasteiger partial charge in [0.2, 0.25) is 17.8 Å². The van der Waals surface area contributed by atoms with Crippen molar-refractivity contribution in [3.05, 3.63) is 0 Å². The fourth-order valence-corrected chi connectivity index (χ4v) is 1.26. The second-order valence-corrected chi connectivity index (χ2v) is 3.60. The molecule has 2 rings (SSSR count). The minimum absolute atomic E-state index is 0.0417. The molecule has 1 aromatic heterocycles. The van der Waals surface area contributed by atoms with Crippen LogP contribution in [0.25, 0.3) is 0 Å². The van der Waals surface area contributed by atoms with Crippen LogP contribution < -0.4 is 34.7 Å². The van der Waals surface area contributed by atoms with E-state index in [2.05, 4.69) is 15.0 Å². The smallest absolute Gasteiger partial charge is 0.226 e. The molecule has 12 heteroatoms. The summed E-state index contributed by atoms with van der Waals surface area (Å²) in [4.78, 5) is 10.5. The van der Waals surface area contributed by atoms with E-state index in [1.807, 2.05) is 0 Å². The average molecular weight is 258 g/mol. The summed E-state index contributed by atoms with van der Waals surface area (Å²) < 4.78 is 0. The molecule has 0 atom stereocenters. The van der Waals surface area contributed by atoms with Crippen molar-refractivity contribution in [3.63, 3.8) is 0 Å². The number of nitrogens with two attached hydrogens (primary N) is 6. The summed E-state index contributed by atoms with van der Waals surface area (Å²) in [6.07, 6.45) is 0. The minimum Gasteiger partial charge on any atom is -0.368 e. The maximum atomic E-state index is 5.41. The Kier molecular flexibility index (Phi) is 4.90. The van der Waals surface area contributed by atoms with Gasteiger partial charge in [-0.05, 0) is 0 Å². The van der Waals surface area contributed by atoms with E-state index in [-0.39, 0.29) is 17.8 Å². The quantitative estimate of drug-likeness (QED) is 0.246. The van der Waals surface area contributed by atoms with Crippen molar-refractivity contribution in [1.29, 1.82) is 0 Å². The molecule has 1 aromatic rings. The predicted molar refractivity (Wildman–Crippen MR) is 65.7 cm³/mol. The van der Waals surface area contributed by atoms with Crippen molar-refractivity contribution >= 4 is 17.8 Å². The van der Waals surface area contributed by atoms with Gasteiger partial charge in [0.05, 0.1) is 20.0 Å². The molecule has 1 fully saturated rings. The van der Waals surface area contributed by atoms with Gasteiger partial charge in [-0.15, -0.1) is 0 Å². The first-order valence-corrected chi connectivity index (χ1v) is 4.88. The summed E-state index contributed by atoms with van der Waals surface area (Å²) in [7, 11) is 0. The topological polar surface area (TPSA) is 205 Å². The number of anilines is 3. The fraction of sp³-hybridized carbons (Fsp3) is 0.500. The van der Waals surface area contributed by atoms with E-state index < -0.39 is 0 Å². The Morgan fingerprint density at radius 3 is 1.06 bits per heavy atom. The molecular weight excluding hydrogens is 240 g/mol. The Morgan fingerprint density at radius 2 is 0.833 bits per heavy atom. The summed E-state index contributed by atoms with van der Waals surface area (Å²) in [5, 5.41) is 4.59. The standard InChI is InChI=1S/C3H12N6.C3H6N6/c4-7-1-8(5)3-9(6)2-7;4-1-7-2(5)9-3(6)8-1/h1-6H2;(H6,4,5,6,7,8,9). The number of hydrogen-bond donors (Lipinski definition) is 6. The molecule has 102 valence electrons. The van der Waals surface area contributed by atoms with E-state index in [1.54, 1.807) is 0 Å². The summed E-state index contributed by atoms with van der Waals surface area (Å²) in [6, 6.07) is 0. The highest BCUT2D eigenvalue weighted by molar-refractivity contribution is 5.33. The summed E-state index contributed by atoms with van der Waals surface area (Å²) in [6.45, 7) is 1.69.